The Hall–Kier alpha value is -1.03. The summed E-state index contributed by atoms with van der Waals surface area (Å²) >= 11 is 5.81. The van der Waals surface area contributed by atoms with Crippen LogP contribution in [-0.2, 0) is 0 Å². The van der Waals surface area contributed by atoms with Gasteiger partial charge in [0.2, 0.25) is 5.88 Å². The van der Waals surface area contributed by atoms with Gasteiger partial charge in [0.15, 0.2) is 0 Å². The Morgan fingerprint density at radius 1 is 1.57 bits per heavy atom. The Morgan fingerprint density at radius 3 is 3.00 bits per heavy atom. The van der Waals surface area contributed by atoms with Crippen molar-refractivity contribution in [1.29, 1.82) is 0 Å². The molecular weight excluding hydrogens is 202 g/mol. The average Bonchev–Trinajstić information content (AvgIpc) is 2.18. The minimum absolute atomic E-state index is 0.172. The zero-order valence-corrected chi connectivity index (χ0v) is 9.08. The van der Waals surface area contributed by atoms with Crippen LogP contribution in [0.5, 0.6) is 5.88 Å². The van der Waals surface area contributed by atoms with Gasteiger partial charge in [-0.25, -0.2) is 9.97 Å². The second-order valence-corrected chi connectivity index (χ2v) is 3.69. The lowest BCUT2D eigenvalue weighted by Crippen LogP contribution is -2.07. The lowest BCUT2D eigenvalue weighted by Gasteiger charge is -2.06. The van der Waals surface area contributed by atoms with E-state index < -0.39 is 0 Å². The predicted octanol–water partition coefficient (Wildman–Crippen LogP) is 1.91. The molecule has 1 aromatic rings. The Labute approximate surface area is 88.7 Å². The Morgan fingerprint density at radius 2 is 2.36 bits per heavy atom. The average molecular weight is 216 g/mol. The number of nitrogens with zero attached hydrogens (tertiary/aromatic N) is 2. The van der Waals surface area contributed by atoms with Gasteiger partial charge in [-0.05, 0) is 13.3 Å². The quantitative estimate of drug-likeness (QED) is 0.763. The van der Waals surface area contributed by atoms with E-state index in [1.54, 1.807) is 13.2 Å². The monoisotopic (exact) mass is 215 g/mol. The molecule has 1 aromatic heterocycles. The lowest BCUT2D eigenvalue weighted by atomic mass is 10.3. The molecule has 4 nitrogen and oxygen atoms in total. The molecule has 1 N–H and O–H groups in total. The summed E-state index contributed by atoms with van der Waals surface area (Å²) in [7, 11) is 1.58. The maximum absolute atomic E-state index is 5.81. The summed E-state index contributed by atoms with van der Waals surface area (Å²) in [5, 5.41) is 3.31. The highest BCUT2D eigenvalue weighted by Crippen LogP contribution is 2.10. The van der Waals surface area contributed by atoms with E-state index in [1.807, 2.05) is 6.92 Å². The first kappa shape index (κ1) is 11.0. The summed E-state index contributed by atoms with van der Waals surface area (Å²) < 4.78 is 4.97. The Bertz CT molecular complexity index is 281. The van der Waals surface area contributed by atoms with Gasteiger partial charge in [-0.15, -0.1) is 11.6 Å². The standard InChI is InChI=1S/C9H14ClN3O/c1-7(10)3-4-11-8-5-9(14-2)13-6-12-8/h5-7H,3-4H2,1-2H3,(H,11,12,13). The zero-order valence-electron chi connectivity index (χ0n) is 8.33. The molecule has 78 valence electrons. The van der Waals surface area contributed by atoms with Crippen LogP contribution in [0.4, 0.5) is 5.82 Å². The number of hydrogen-bond donors (Lipinski definition) is 1. The lowest BCUT2D eigenvalue weighted by molar-refractivity contribution is 0.397. The molecule has 0 aromatic carbocycles. The maximum Gasteiger partial charge on any atom is 0.218 e. The molecule has 0 bridgehead atoms. The zero-order chi connectivity index (χ0) is 10.4. The summed E-state index contributed by atoms with van der Waals surface area (Å²) in [5.74, 6) is 1.32. The number of hydrogen-bond acceptors (Lipinski definition) is 4. The third kappa shape index (κ3) is 3.79. The minimum atomic E-state index is 0.172. The second-order valence-electron chi connectivity index (χ2n) is 2.94. The fourth-order valence-electron chi connectivity index (χ4n) is 0.947. The molecule has 0 radical (unpaired) electrons. The van der Waals surface area contributed by atoms with Gasteiger partial charge in [-0.1, -0.05) is 0 Å². The SMILES string of the molecule is COc1cc(NCCC(C)Cl)ncn1. The van der Waals surface area contributed by atoms with E-state index >= 15 is 0 Å². The van der Waals surface area contributed by atoms with E-state index in [9.17, 15) is 0 Å². The molecule has 0 spiro atoms. The largest absolute Gasteiger partial charge is 0.481 e. The van der Waals surface area contributed by atoms with Gasteiger partial charge in [0.1, 0.15) is 12.1 Å². The molecule has 14 heavy (non-hydrogen) atoms. The number of alkyl halides is 1. The number of rotatable bonds is 5. The van der Waals surface area contributed by atoms with Crippen molar-refractivity contribution < 1.29 is 4.74 Å². The third-order valence-corrected chi connectivity index (χ3v) is 1.92. The van der Waals surface area contributed by atoms with Crippen molar-refractivity contribution >= 4 is 17.4 Å². The maximum atomic E-state index is 5.81. The molecule has 1 atom stereocenters. The highest BCUT2D eigenvalue weighted by Gasteiger charge is 1.99. The molecular formula is C9H14ClN3O. The molecule has 0 aliphatic rings. The number of halogens is 1. The van der Waals surface area contributed by atoms with Crippen molar-refractivity contribution in [2.24, 2.45) is 0 Å². The number of methoxy groups -OCH3 is 1. The topological polar surface area (TPSA) is 47.0 Å². The fourth-order valence-corrected chi connectivity index (χ4v) is 1.06. The van der Waals surface area contributed by atoms with Crippen molar-refractivity contribution in [2.75, 3.05) is 19.0 Å². The third-order valence-electron chi connectivity index (χ3n) is 1.70. The first-order valence-electron chi connectivity index (χ1n) is 4.46. The second kappa shape index (κ2) is 5.65. The highest BCUT2D eigenvalue weighted by molar-refractivity contribution is 6.20. The van der Waals surface area contributed by atoms with Crippen LogP contribution in [0.3, 0.4) is 0 Å². The van der Waals surface area contributed by atoms with Crippen molar-refractivity contribution in [3.05, 3.63) is 12.4 Å². The van der Waals surface area contributed by atoms with Crippen LogP contribution in [0, 0.1) is 0 Å². The number of nitrogens with one attached hydrogen (secondary N) is 1. The van der Waals surface area contributed by atoms with Crippen molar-refractivity contribution in [3.63, 3.8) is 0 Å². The molecule has 0 fully saturated rings. The minimum Gasteiger partial charge on any atom is -0.481 e. The van der Waals surface area contributed by atoms with E-state index in [0.717, 1.165) is 18.8 Å². The van der Waals surface area contributed by atoms with Gasteiger partial charge in [-0.3, -0.25) is 0 Å². The van der Waals surface area contributed by atoms with Crippen LogP contribution in [0.2, 0.25) is 0 Å². The summed E-state index contributed by atoms with van der Waals surface area (Å²) in [4.78, 5) is 7.94. The van der Waals surface area contributed by atoms with Crippen LogP contribution in [0.1, 0.15) is 13.3 Å². The van der Waals surface area contributed by atoms with Crippen molar-refractivity contribution in [2.45, 2.75) is 18.7 Å². The van der Waals surface area contributed by atoms with E-state index in [1.165, 1.54) is 6.33 Å². The molecule has 1 heterocycles. The first-order valence-corrected chi connectivity index (χ1v) is 4.90. The molecule has 5 heteroatoms. The van der Waals surface area contributed by atoms with Gasteiger partial charge in [0.25, 0.3) is 0 Å². The number of anilines is 1. The molecule has 0 saturated heterocycles. The van der Waals surface area contributed by atoms with E-state index in [-0.39, 0.29) is 5.38 Å². The normalized spacial score (nSPS) is 12.2. The summed E-state index contributed by atoms with van der Waals surface area (Å²) in [6, 6.07) is 1.75. The Kier molecular flexibility index (Phi) is 4.46. The van der Waals surface area contributed by atoms with Crippen molar-refractivity contribution in [3.8, 4) is 5.88 Å². The molecule has 0 aliphatic carbocycles. The molecule has 1 rings (SSSR count). The van der Waals surface area contributed by atoms with Crippen LogP contribution < -0.4 is 10.1 Å². The van der Waals surface area contributed by atoms with E-state index in [2.05, 4.69) is 15.3 Å². The smallest absolute Gasteiger partial charge is 0.218 e. The van der Waals surface area contributed by atoms with Crippen LogP contribution in [-0.4, -0.2) is 29.0 Å². The first-order chi connectivity index (χ1) is 6.72. The van der Waals surface area contributed by atoms with Crippen LogP contribution in [0.15, 0.2) is 12.4 Å². The summed E-state index contributed by atoms with van der Waals surface area (Å²) in [5.41, 5.74) is 0. The number of aromatic nitrogens is 2. The predicted molar refractivity (Wildman–Crippen MR) is 57.0 cm³/mol. The summed E-state index contributed by atoms with van der Waals surface area (Å²) in [6.07, 6.45) is 2.36. The van der Waals surface area contributed by atoms with Crippen molar-refractivity contribution in [1.82, 2.24) is 9.97 Å². The van der Waals surface area contributed by atoms with Gasteiger partial charge in [0, 0.05) is 18.0 Å². The Balaban J connectivity index is 2.42. The van der Waals surface area contributed by atoms with Gasteiger partial charge in [-0.2, -0.15) is 0 Å². The molecule has 1 unspecified atom stereocenters. The highest BCUT2D eigenvalue weighted by atomic mass is 35.5. The van der Waals surface area contributed by atoms with Crippen LogP contribution in [0.25, 0.3) is 0 Å². The van der Waals surface area contributed by atoms with Gasteiger partial charge in [0.05, 0.1) is 7.11 Å². The van der Waals surface area contributed by atoms with E-state index in [0.29, 0.717) is 5.88 Å². The number of ether oxygens (including phenoxy) is 1. The molecule has 0 amide bonds. The van der Waals surface area contributed by atoms with Crippen LogP contribution >= 0.6 is 11.6 Å². The molecule has 0 aliphatic heterocycles. The fraction of sp³-hybridized carbons (Fsp3) is 0.556. The summed E-state index contributed by atoms with van der Waals surface area (Å²) in [6.45, 7) is 2.76. The molecule has 0 saturated carbocycles. The van der Waals surface area contributed by atoms with Gasteiger partial charge >= 0.3 is 0 Å². The van der Waals surface area contributed by atoms with Gasteiger partial charge < -0.3 is 10.1 Å². The van der Waals surface area contributed by atoms with E-state index in [4.69, 9.17) is 16.3 Å².